The standard InChI is InChI=1S/C23H20N2O3S3/c1-27-18-7-5-14(6-8-18)12-29-22-24-25-23(31-22)30-13-17-11-21(26)28-20-10-16-4-2-3-15(16)9-19(17)20/h5-11H,2-4,12-13H2,1H3. The third kappa shape index (κ3) is 4.66. The van der Waals surface area contributed by atoms with Gasteiger partial charge in [-0.1, -0.05) is 47.0 Å². The summed E-state index contributed by atoms with van der Waals surface area (Å²) in [6.07, 6.45) is 3.33. The Hall–Kier alpha value is -2.29. The van der Waals surface area contributed by atoms with Crippen LogP contribution in [0.4, 0.5) is 0 Å². The van der Waals surface area contributed by atoms with Gasteiger partial charge in [-0.3, -0.25) is 0 Å². The summed E-state index contributed by atoms with van der Waals surface area (Å²) in [5, 5.41) is 9.66. The predicted molar refractivity (Wildman–Crippen MR) is 127 cm³/mol. The quantitative estimate of drug-likeness (QED) is 0.254. The van der Waals surface area contributed by atoms with Crippen LogP contribution in [0.3, 0.4) is 0 Å². The molecule has 1 aliphatic rings. The van der Waals surface area contributed by atoms with Crippen LogP contribution in [0.5, 0.6) is 5.75 Å². The molecule has 0 N–H and O–H groups in total. The summed E-state index contributed by atoms with van der Waals surface area (Å²) in [4.78, 5) is 12.1. The Morgan fingerprint density at radius 3 is 2.45 bits per heavy atom. The maximum Gasteiger partial charge on any atom is 0.336 e. The topological polar surface area (TPSA) is 65.2 Å². The summed E-state index contributed by atoms with van der Waals surface area (Å²) < 4.78 is 12.5. The largest absolute Gasteiger partial charge is 0.497 e. The van der Waals surface area contributed by atoms with Crippen LogP contribution in [0.25, 0.3) is 11.0 Å². The molecule has 0 fully saturated rings. The van der Waals surface area contributed by atoms with E-state index in [4.69, 9.17) is 9.15 Å². The first kappa shape index (κ1) is 20.6. The van der Waals surface area contributed by atoms with Gasteiger partial charge in [0.2, 0.25) is 0 Å². The van der Waals surface area contributed by atoms with Crippen molar-refractivity contribution in [2.45, 2.75) is 39.4 Å². The zero-order valence-electron chi connectivity index (χ0n) is 16.9. The SMILES string of the molecule is COc1ccc(CSc2nnc(SCc3cc(=O)oc4cc5c(cc34)CCC5)s2)cc1. The molecular formula is C23H20N2O3S3. The molecule has 0 aliphatic heterocycles. The Morgan fingerprint density at radius 2 is 1.71 bits per heavy atom. The van der Waals surface area contributed by atoms with Gasteiger partial charge in [0.05, 0.1) is 7.11 Å². The lowest BCUT2D eigenvalue weighted by molar-refractivity contribution is 0.414. The van der Waals surface area contributed by atoms with Crippen molar-refractivity contribution in [2.24, 2.45) is 0 Å². The Labute approximate surface area is 192 Å². The summed E-state index contributed by atoms with van der Waals surface area (Å²) >= 11 is 4.87. The number of nitrogens with zero attached hydrogens (tertiary/aromatic N) is 2. The number of hydrogen-bond acceptors (Lipinski definition) is 8. The second-order valence-electron chi connectivity index (χ2n) is 7.32. The Bertz CT molecular complexity index is 1280. The van der Waals surface area contributed by atoms with Crippen LogP contribution < -0.4 is 10.4 Å². The number of aromatic nitrogens is 2. The number of methoxy groups -OCH3 is 1. The van der Waals surface area contributed by atoms with E-state index in [1.54, 1.807) is 48.0 Å². The van der Waals surface area contributed by atoms with Crippen molar-refractivity contribution in [1.29, 1.82) is 0 Å². The Balaban J connectivity index is 1.27. The van der Waals surface area contributed by atoms with Gasteiger partial charge in [-0.2, -0.15) is 0 Å². The van der Waals surface area contributed by atoms with Gasteiger partial charge in [0.25, 0.3) is 0 Å². The highest BCUT2D eigenvalue weighted by atomic mass is 32.2. The van der Waals surface area contributed by atoms with Crippen LogP contribution in [0.15, 0.2) is 60.4 Å². The molecule has 0 atom stereocenters. The molecule has 1 aliphatic carbocycles. The second-order valence-corrected chi connectivity index (χ2v) is 10.7. The molecule has 0 spiro atoms. The molecule has 31 heavy (non-hydrogen) atoms. The maximum atomic E-state index is 12.1. The van der Waals surface area contributed by atoms with Gasteiger partial charge in [0.1, 0.15) is 11.3 Å². The number of rotatable bonds is 7. The van der Waals surface area contributed by atoms with Crippen molar-refractivity contribution in [1.82, 2.24) is 10.2 Å². The van der Waals surface area contributed by atoms with Gasteiger partial charge in [-0.15, -0.1) is 10.2 Å². The zero-order chi connectivity index (χ0) is 21.2. The van der Waals surface area contributed by atoms with E-state index in [2.05, 4.69) is 28.4 Å². The fourth-order valence-corrected chi connectivity index (χ4v) is 6.70. The average Bonchev–Trinajstić information content (AvgIpc) is 3.44. The second kappa shape index (κ2) is 9.06. The van der Waals surface area contributed by atoms with Crippen molar-refractivity contribution in [3.05, 3.63) is 75.1 Å². The molecular weight excluding hydrogens is 448 g/mol. The number of ether oxygens (including phenoxy) is 1. The molecule has 2 aromatic heterocycles. The lowest BCUT2D eigenvalue weighted by Gasteiger charge is -2.07. The zero-order valence-corrected chi connectivity index (χ0v) is 19.4. The monoisotopic (exact) mass is 468 g/mol. The summed E-state index contributed by atoms with van der Waals surface area (Å²) in [5.74, 6) is 2.35. The van der Waals surface area contributed by atoms with Crippen LogP contribution in [-0.4, -0.2) is 17.3 Å². The van der Waals surface area contributed by atoms with E-state index in [1.165, 1.54) is 23.1 Å². The van der Waals surface area contributed by atoms with E-state index >= 15 is 0 Å². The lowest BCUT2D eigenvalue weighted by Crippen LogP contribution is -2.00. The highest BCUT2D eigenvalue weighted by Gasteiger charge is 2.16. The lowest BCUT2D eigenvalue weighted by atomic mass is 10.0. The van der Waals surface area contributed by atoms with Crippen molar-refractivity contribution < 1.29 is 9.15 Å². The van der Waals surface area contributed by atoms with E-state index in [1.807, 2.05) is 18.2 Å². The first-order chi connectivity index (χ1) is 15.2. The Kier molecular flexibility index (Phi) is 6.02. The molecule has 0 unspecified atom stereocenters. The van der Waals surface area contributed by atoms with Gasteiger partial charge in [-0.25, -0.2) is 4.79 Å². The molecule has 0 saturated carbocycles. The summed E-state index contributed by atoms with van der Waals surface area (Å²) in [6.45, 7) is 0. The van der Waals surface area contributed by atoms with Crippen LogP contribution in [0.2, 0.25) is 0 Å². The normalized spacial score (nSPS) is 12.9. The van der Waals surface area contributed by atoms with Gasteiger partial charge in [0, 0.05) is 23.0 Å². The highest BCUT2D eigenvalue weighted by Crippen LogP contribution is 2.34. The minimum atomic E-state index is -0.297. The highest BCUT2D eigenvalue weighted by molar-refractivity contribution is 8.02. The fourth-order valence-electron chi connectivity index (χ4n) is 3.73. The molecule has 5 rings (SSSR count). The summed E-state index contributed by atoms with van der Waals surface area (Å²) in [5.41, 5.74) is 5.29. The molecule has 158 valence electrons. The van der Waals surface area contributed by atoms with E-state index in [0.717, 1.165) is 44.0 Å². The first-order valence-corrected chi connectivity index (χ1v) is 12.8. The van der Waals surface area contributed by atoms with Gasteiger partial charge >= 0.3 is 5.63 Å². The van der Waals surface area contributed by atoms with E-state index < -0.39 is 0 Å². The number of thioether (sulfide) groups is 2. The van der Waals surface area contributed by atoms with Crippen molar-refractivity contribution in [3.8, 4) is 5.75 Å². The predicted octanol–water partition coefficient (Wildman–Crippen LogP) is 5.73. The maximum absolute atomic E-state index is 12.1. The van der Waals surface area contributed by atoms with Crippen molar-refractivity contribution >= 4 is 45.8 Å². The third-order valence-electron chi connectivity index (χ3n) is 5.30. The molecule has 2 aromatic carbocycles. The van der Waals surface area contributed by atoms with Crippen LogP contribution in [0, 0.1) is 0 Å². The number of benzene rings is 2. The molecule has 0 radical (unpaired) electrons. The Morgan fingerprint density at radius 1 is 1.00 bits per heavy atom. The number of hydrogen-bond donors (Lipinski definition) is 0. The average molecular weight is 469 g/mol. The van der Waals surface area contributed by atoms with Gasteiger partial charge < -0.3 is 9.15 Å². The van der Waals surface area contributed by atoms with Crippen molar-refractivity contribution in [3.63, 3.8) is 0 Å². The van der Waals surface area contributed by atoms with E-state index in [9.17, 15) is 4.79 Å². The summed E-state index contributed by atoms with van der Waals surface area (Å²) in [7, 11) is 1.67. The molecule has 5 nitrogen and oxygen atoms in total. The van der Waals surface area contributed by atoms with Gasteiger partial charge in [0.15, 0.2) is 8.68 Å². The summed E-state index contributed by atoms with van der Waals surface area (Å²) in [6, 6.07) is 13.9. The molecule has 4 aromatic rings. The van der Waals surface area contributed by atoms with Gasteiger partial charge in [-0.05, 0) is 65.8 Å². The minimum absolute atomic E-state index is 0.297. The first-order valence-electron chi connectivity index (χ1n) is 9.98. The molecule has 2 heterocycles. The van der Waals surface area contributed by atoms with Crippen LogP contribution >= 0.6 is 34.9 Å². The smallest absolute Gasteiger partial charge is 0.336 e. The van der Waals surface area contributed by atoms with E-state index in [-0.39, 0.29) is 5.63 Å². The molecule has 0 saturated heterocycles. The fraction of sp³-hybridized carbons (Fsp3) is 0.261. The molecule has 8 heteroatoms. The minimum Gasteiger partial charge on any atom is -0.497 e. The van der Waals surface area contributed by atoms with Crippen LogP contribution in [-0.2, 0) is 24.3 Å². The number of aryl methyl sites for hydroxylation is 2. The van der Waals surface area contributed by atoms with E-state index in [0.29, 0.717) is 11.3 Å². The third-order valence-corrected chi connectivity index (χ3v) is 8.61. The number of fused-ring (bicyclic) bond motifs is 2. The van der Waals surface area contributed by atoms with Crippen LogP contribution in [0.1, 0.15) is 28.7 Å². The van der Waals surface area contributed by atoms with Crippen molar-refractivity contribution in [2.75, 3.05) is 7.11 Å². The molecule has 0 amide bonds. The molecule has 0 bridgehead atoms.